The third-order valence-electron chi connectivity index (χ3n) is 19.3. The van der Waals surface area contributed by atoms with Crippen molar-refractivity contribution in [1.29, 1.82) is 0 Å². The Balaban J connectivity index is 0.000000209. The molecule has 8 unspecified atom stereocenters. The summed E-state index contributed by atoms with van der Waals surface area (Å²) in [5, 5.41) is 3.51. The Morgan fingerprint density at radius 3 is 0.989 bits per heavy atom. The number of benzene rings is 10. The molecule has 0 aromatic heterocycles. The van der Waals surface area contributed by atoms with Crippen LogP contribution in [0.1, 0.15) is 315 Å². The number of hydrogen-bond acceptors (Lipinski definition) is 0. The summed E-state index contributed by atoms with van der Waals surface area (Å²) in [5.41, 5.74) is 3.53. The number of rotatable bonds is 0. The van der Waals surface area contributed by atoms with E-state index in [4.69, 9.17) is 32.9 Å². The van der Waals surface area contributed by atoms with Crippen LogP contribution in [0, 0.1) is 34.6 Å². The number of hydrogen-bond donors (Lipinski definition) is 0. The summed E-state index contributed by atoms with van der Waals surface area (Å²) in [7, 11) is 0. The first-order valence-electron chi connectivity index (χ1n) is 45.5. The highest BCUT2D eigenvalue weighted by Crippen LogP contribution is 2.55. The number of aryl methyl sites for hydroxylation is 5. The van der Waals surface area contributed by atoms with Gasteiger partial charge in [0.2, 0.25) is 0 Å². The summed E-state index contributed by atoms with van der Waals surface area (Å²) in [6.45, 7) is 20.6. The Labute approximate surface area is 600 Å². The van der Waals surface area contributed by atoms with E-state index in [9.17, 15) is 0 Å². The van der Waals surface area contributed by atoms with Crippen LogP contribution in [0.4, 0.5) is 0 Å². The summed E-state index contributed by atoms with van der Waals surface area (Å²) >= 11 is 0. The molecule has 0 aliphatic heterocycles. The Hall–Kier alpha value is -7.28. The average molecular weight is 1260 g/mol. The van der Waals surface area contributed by atoms with Crippen LogP contribution in [-0.2, 0) is 43.3 Å². The SMILES string of the molecule is CC.CC.CC.CC.[2H]C([2H])([2H])C1(C)c2cc(C)ccc2C(C)(C([2H])([2H])[2H])c2c(C)cc(C)cc21.[2H]C([2H])([2H])C1(C)c2ccc(C)cc2C(C)(C([2H])([2H])[2H])c2c(C)cccc21.[2H]C([2H])([2H])C1(C)c2ccccc2C(C)(C([2H])([2H])[2H])c2c1ccc1ccccc21.[2H]C([2H])([2H])C1(C)c2ccccc2C(C)(C([2H])([2H])[2H])c2cc3ccccc3cc21. The fraction of sp³-hybridized carbons (Fsp3) is 0.398. The zero-order valence-corrected chi connectivity index (χ0v) is 59.4. The zero-order valence-electron chi connectivity index (χ0n) is 83.4. The Morgan fingerprint density at radius 1 is 0.215 bits per heavy atom. The van der Waals surface area contributed by atoms with Crippen molar-refractivity contribution in [3.63, 3.8) is 0 Å². The molecule has 0 heterocycles. The highest BCUT2D eigenvalue weighted by atomic mass is 14.5. The van der Waals surface area contributed by atoms with E-state index in [1.807, 2.05) is 217 Å². The van der Waals surface area contributed by atoms with Gasteiger partial charge >= 0.3 is 0 Å². The maximum Gasteiger partial charge on any atom is 0.0243 e. The molecule has 8 atom stereocenters. The first-order chi connectivity index (χ1) is 53.8. The van der Waals surface area contributed by atoms with E-state index in [2.05, 4.69) is 0 Å². The molecule has 0 saturated carbocycles. The summed E-state index contributed by atoms with van der Waals surface area (Å²) in [6.07, 6.45) is 0. The van der Waals surface area contributed by atoms with Crippen LogP contribution in [0.25, 0.3) is 21.5 Å². The molecule has 0 fully saturated rings. The molecule has 10 aromatic carbocycles. The van der Waals surface area contributed by atoms with Crippen molar-refractivity contribution in [2.45, 2.75) is 244 Å². The molecule has 0 spiro atoms. The monoisotopic (exact) mass is 1260 g/mol. The lowest BCUT2D eigenvalue weighted by atomic mass is 9.58. The minimum Gasteiger partial charge on any atom is -0.0683 e. The first kappa shape index (κ1) is 45.9. The maximum atomic E-state index is 8.44. The summed E-state index contributed by atoms with van der Waals surface area (Å²) in [4.78, 5) is 0. The lowest BCUT2D eigenvalue weighted by molar-refractivity contribution is 0.517. The molecule has 0 heteroatoms. The van der Waals surface area contributed by atoms with Crippen molar-refractivity contribution in [2.24, 2.45) is 0 Å². The van der Waals surface area contributed by atoms with Crippen LogP contribution in [0.15, 0.2) is 188 Å². The minimum absolute atomic E-state index is 0.566. The normalized spacial score (nSPS) is 29.9. The number of fused-ring (bicyclic) bond motifs is 11. The van der Waals surface area contributed by atoms with Crippen molar-refractivity contribution < 1.29 is 32.9 Å². The largest absolute Gasteiger partial charge is 0.0683 e. The fourth-order valence-corrected chi connectivity index (χ4v) is 14.9. The Kier molecular flexibility index (Phi) is 13.6. The van der Waals surface area contributed by atoms with Gasteiger partial charge < -0.3 is 0 Å². The maximum absolute atomic E-state index is 8.44. The van der Waals surface area contributed by atoms with E-state index in [0.29, 0.717) is 89.0 Å². The van der Waals surface area contributed by atoms with Gasteiger partial charge in [0.15, 0.2) is 0 Å². The quantitative estimate of drug-likeness (QED) is 0.142. The van der Waals surface area contributed by atoms with Gasteiger partial charge in [0.05, 0.1) is 0 Å². The van der Waals surface area contributed by atoms with Gasteiger partial charge in [0, 0.05) is 76.2 Å². The summed E-state index contributed by atoms with van der Waals surface area (Å²) < 4.78 is 201. The lowest BCUT2D eigenvalue weighted by Gasteiger charge is -2.45. The van der Waals surface area contributed by atoms with Gasteiger partial charge in [0.1, 0.15) is 0 Å². The van der Waals surface area contributed by atoms with E-state index >= 15 is 0 Å². The topological polar surface area (TPSA) is 0 Å². The predicted molar refractivity (Wildman–Crippen MR) is 413 cm³/mol. The molecule has 0 N–H and O–H groups in total. The highest BCUT2D eigenvalue weighted by molar-refractivity contribution is 5.90. The van der Waals surface area contributed by atoms with Gasteiger partial charge in [-0.1, -0.05) is 358 Å². The molecular weight excluding hydrogens is 1120 g/mol. The van der Waals surface area contributed by atoms with E-state index in [1.54, 1.807) is 116 Å². The van der Waals surface area contributed by atoms with Crippen LogP contribution in [-0.4, -0.2) is 0 Å². The van der Waals surface area contributed by atoms with Crippen LogP contribution < -0.4 is 0 Å². The standard InChI is InChI=1S/2C22H22.C21H26.C20H24.4C2H6/c1-21(2)17-11-7-8-12-18(17)22(3,4)20-14-16-10-6-5-9-15(16)13-19(20)21;1-21(2)17-11-7-8-12-18(17)22(3,4)20-16-10-6-5-9-15(16)13-14-19(20)21;1-13-8-9-16-17(11-13)20(4,5)18-12-14(2)10-15(3)19(18)21(16,6)7;1-13-10-11-15-17(12-13)20(5,6)18-14(2)8-7-9-16(18)19(15,3)4;4*1-2/h2*5-14H,1-4H3;8-12H,1-7H3;7-12H,1-6H3;4*1-2H3/i2*1D3,3D3;4D3,6D3;3D3,5D3;;;;. The Morgan fingerprint density at radius 2 is 0.516 bits per heavy atom. The summed E-state index contributed by atoms with van der Waals surface area (Å²) in [5.74, 6) is 0. The van der Waals surface area contributed by atoms with Crippen LogP contribution >= 0.6 is 0 Å². The third kappa shape index (κ3) is 12.7. The molecule has 490 valence electrons. The predicted octanol–water partition coefficient (Wildman–Crippen LogP) is 26.6. The molecule has 93 heavy (non-hydrogen) atoms. The van der Waals surface area contributed by atoms with Crippen LogP contribution in [0.3, 0.4) is 0 Å². The highest BCUT2D eigenvalue weighted by Gasteiger charge is 2.46. The molecule has 0 nitrogen and oxygen atoms in total. The third-order valence-corrected chi connectivity index (χ3v) is 19.3. The Bertz CT molecular complexity index is 5110. The van der Waals surface area contributed by atoms with Gasteiger partial charge in [-0.2, -0.15) is 0 Å². The molecule has 0 bridgehead atoms. The van der Waals surface area contributed by atoms with Gasteiger partial charge in [-0.25, -0.2) is 0 Å². The molecule has 14 rings (SSSR count). The van der Waals surface area contributed by atoms with Gasteiger partial charge in [-0.3, -0.25) is 0 Å². The fourth-order valence-electron chi connectivity index (χ4n) is 14.9. The van der Waals surface area contributed by atoms with Crippen molar-refractivity contribution in [2.75, 3.05) is 0 Å². The van der Waals surface area contributed by atoms with Crippen molar-refractivity contribution in [3.05, 3.63) is 305 Å². The van der Waals surface area contributed by atoms with Crippen molar-refractivity contribution >= 4 is 21.5 Å². The van der Waals surface area contributed by atoms with E-state index < -0.39 is 98.1 Å². The van der Waals surface area contributed by atoms with E-state index in [0.717, 1.165) is 49.4 Å². The zero-order chi connectivity index (χ0) is 89.4. The van der Waals surface area contributed by atoms with Gasteiger partial charge in [0.25, 0.3) is 0 Å². The van der Waals surface area contributed by atoms with E-state index in [-0.39, 0.29) is 0 Å². The van der Waals surface area contributed by atoms with Crippen molar-refractivity contribution in [1.82, 2.24) is 0 Å². The molecule has 4 aliphatic rings. The second kappa shape index (κ2) is 27.6. The van der Waals surface area contributed by atoms with Gasteiger partial charge in [-0.15, -0.1) is 0 Å². The molecule has 4 aliphatic carbocycles. The average Bonchev–Trinajstić information content (AvgIpc) is 0.703. The second-order valence-corrected chi connectivity index (χ2v) is 26.1. The second-order valence-electron chi connectivity index (χ2n) is 26.1. The smallest absolute Gasteiger partial charge is 0.0243 e. The molecule has 10 aromatic rings. The van der Waals surface area contributed by atoms with Crippen molar-refractivity contribution in [3.8, 4) is 0 Å². The lowest BCUT2D eigenvalue weighted by Crippen LogP contribution is -2.37. The van der Waals surface area contributed by atoms with Gasteiger partial charge in [-0.05, 0) is 168 Å². The summed E-state index contributed by atoms with van der Waals surface area (Å²) in [6, 6.07) is 57.3. The minimum atomic E-state index is -2.35. The van der Waals surface area contributed by atoms with Crippen LogP contribution in [0.5, 0.6) is 0 Å². The molecule has 0 radical (unpaired) electrons. The molecule has 0 amide bonds. The first-order valence-corrected chi connectivity index (χ1v) is 33.5. The van der Waals surface area contributed by atoms with Crippen LogP contribution in [0.2, 0.25) is 0 Å². The molecular formula is C93H118. The molecule has 0 saturated heterocycles. The van der Waals surface area contributed by atoms with E-state index in [1.165, 1.54) is 0 Å².